The van der Waals surface area contributed by atoms with E-state index in [4.69, 9.17) is 9.47 Å². The summed E-state index contributed by atoms with van der Waals surface area (Å²) in [5.41, 5.74) is 3.55. The predicted octanol–water partition coefficient (Wildman–Crippen LogP) is 2.80. The van der Waals surface area contributed by atoms with Gasteiger partial charge in [0.2, 0.25) is 0 Å². The predicted molar refractivity (Wildman–Crippen MR) is 102 cm³/mol. The van der Waals surface area contributed by atoms with Gasteiger partial charge in [-0.3, -0.25) is 4.90 Å². The second kappa shape index (κ2) is 7.23. The number of ether oxygens (including phenoxy) is 2. The molecule has 1 aromatic carbocycles. The van der Waals surface area contributed by atoms with Crippen LogP contribution in [0.25, 0.3) is 0 Å². The smallest absolute Gasteiger partial charge is 0.0622 e. The van der Waals surface area contributed by atoms with Gasteiger partial charge in [0.05, 0.1) is 6.61 Å². The fourth-order valence-corrected chi connectivity index (χ4v) is 5.79. The lowest BCUT2D eigenvalue weighted by atomic mass is 9.68. The van der Waals surface area contributed by atoms with E-state index in [1.807, 2.05) is 0 Å². The number of benzene rings is 1. The highest BCUT2D eigenvalue weighted by atomic mass is 16.5. The number of likely N-dealkylation sites (tertiary alicyclic amines) is 1. The lowest BCUT2D eigenvalue weighted by Gasteiger charge is -2.51. The Hall–Kier alpha value is -0.940. The Morgan fingerprint density at radius 1 is 0.846 bits per heavy atom. The summed E-state index contributed by atoms with van der Waals surface area (Å²) in [6.45, 7) is 8.58. The van der Waals surface area contributed by atoms with Crippen LogP contribution in [-0.4, -0.2) is 67.9 Å². The first kappa shape index (κ1) is 17.2. The third-order valence-corrected chi connectivity index (χ3v) is 7.35. The van der Waals surface area contributed by atoms with Gasteiger partial charge in [0, 0.05) is 50.4 Å². The number of fused-ring (bicyclic) bond motifs is 2. The molecule has 0 bridgehead atoms. The topological polar surface area (TPSA) is 24.9 Å². The second-order valence-electron chi connectivity index (χ2n) is 8.74. The molecule has 4 heterocycles. The van der Waals surface area contributed by atoms with Crippen LogP contribution in [0.15, 0.2) is 24.3 Å². The number of rotatable bonds is 2. The van der Waals surface area contributed by atoms with Crippen molar-refractivity contribution in [1.29, 1.82) is 0 Å². The van der Waals surface area contributed by atoms with Gasteiger partial charge in [-0.05, 0) is 56.3 Å². The summed E-state index contributed by atoms with van der Waals surface area (Å²) < 4.78 is 11.3. The van der Waals surface area contributed by atoms with Crippen LogP contribution in [0, 0.1) is 0 Å². The molecule has 0 unspecified atom stereocenters. The molecule has 3 saturated heterocycles. The molecule has 0 aliphatic carbocycles. The van der Waals surface area contributed by atoms with Crippen molar-refractivity contribution < 1.29 is 9.47 Å². The normalized spacial score (nSPS) is 30.5. The Kier molecular flexibility index (Phi) is 4.78. The Labute approximate surface area is 157 Å². The van der Waals surface area contributed by atoms with E-state index in [0.29, 0.717) is 11.5 Å². The van der Waals surface area contributed by atoms with Crippen molar-refractivity contribution in [1.82, 2.24) is 9.80 Å². The summed E-state index contributed by atoms with van der Waals surface area (Å²) in [7, 11) is 0. The summed E-state index contributed by atoms with van der Waals surface area (Å²) in [6.07, 6.45) is 6.23. The molecule has 0 radical (unpaired) electrons. The Bertz CT molecular complexity index is 614. The van der Waals surface area contributed by atoms with E-state index in [1.54, 1.807) is 11.1 Å². The number of hydrogen-bond donors (Lipinski definition) is 0. The van der Waals surface area contributed by atoms with E-state index in [-0.39, 0.29) is 0 Å². The molecule has 0 N–H and O–H groups in total. The molecule has 0 saturated carbocycles. The maximum Gasteiger partial charge on any atom is 0.0622 e. The fourth-order valence-electron chi connectivity index (χ4n) is 5.79. The van der Waals surface area contributed by atoms with Crippen LogP contribution >= 0.6 is 0 Å². The molecule has 1 atom stereocenters. The van der Waals surface area contributed by atoms with E-state index < -0.39 is 0 Å². The number of piperidine rings is 1. The molecule has 4 heteroatoms. The average molecular weight is 357 g/mol. The third kappa shape index (κ3) is 3.11. The highest BCUT2D eigenvalue weighted by molar-refractivity contribution is 5.38. The first-order valence-electron chi connectivity index (χ1n) is 10.6. The first-order chi connectivity index (χ1) is 12.8. The van der Waals surface area contributed by atoms with Crippen molar-refractivity contribution in [2.75, 3.05) is 46.1 Å². The highest BCUT2D eigenvalue weighted by Crippen LogP contribution is 2.43. The molecule has 1 spiro atoms. The zero-order chi connectivity index (χ0) is 17.4. The summed E-state index contributed by atoms with van der Waals surface area (Å²) in [4.78, 5) is 5.49. The average Bonchev–Trinajstić information content (AvgIpc) is 3.24. The molecule has 4 nitrogen and oxygen atoms in total. The molecule has 3 fully saturated rings. The van der Waals surface area contributed by atoms with Crippen LogP contribution in [0.4, 0.5) is 0 Å². The SMILES string of the molecule is c1ccc2c(c1)CN([C@H]1CCOC1)CC21CCN(C2CCOCC2)CC1. The van der Waals surface area contributed by atoms with Gasteiger partial charge in [-0.2, -0.15) is 0 Å². The van der Waals surface area contributed by atoms with Crippen molar-refractivity contribution in [3.8, 4) is 0 Å². The second-order valence-corrected chi connectivity index (χ2v) is 8.74. The Morgan fingerprint density at radius 3 is 2.35 bits per heavy atom. The first-order valence-corrected chi connectivity index (χ1v) is 10.6. The highest BCUT2D eigenvalue weighted by Gasteiger charge is 2.44. The van der Waals surface area contributed by atoms with Gasteiger partial charge in [0.1, 0.15) is 0 Å². The van der Waals surface area contributed by atoms with E-state index >= 15 is 0 Å². The maximum absolute atomic E-state index is 5.71. The molecular formula is C22H32N2O2. The summed E-state index contributed by atoms with van der Waals surface area (Å²) >= 11 is 0. The molecule has 1 aromatic rings. The quantitative estimate of drug-likeness (QED) is 0.814. The molecule has 4 aliphatic rings. The van der Waals surface area contributed by atoms with E-state index in [9.17, 15) is 0 Å². The van der Waals surface area contributed by atoms with Gasteiger partial charge in [-0.25, -0.2) is 0 Å². The van der Waals surface area contributed by atoms with Gasteiger partial charge in [0.25, 0.3) is 0 Å². The van der Waals surface area contributed by atoms with Crippen LogP contribution in [0.3, 0.4) is 0 Å². The van der Waals surface area contributed by atoms with Crippen LogP contribution < -0.4 is 0 Å². The van der Waals surface area contributed by atoms with Crippen LogP contribution in [0.1, 0.15) is 43.2 Å². The van der Waals surface area contributed by atoms with E-state index in [0.717, 1.165) is 39.0 Å². The van der Waals surface area contributed by atoms with Gasteiger partial charge in [0.15, 0.2) is 0 Å². The van der Waals surface area contributed by atoms with Crippen LogP contribution in [0.5, 0.6) is 0 Å². The third-order valence-electron chi connectivity index (χ3n) is 7.35. The van der Waals surface area contributed by atoms with Gasteiger partial charge in [-0.1, -0.05) is 24.3 Å². The minimum Gasteiger partial charge on any atom is -0.381 e. The lowest BCUT2D eigenvalue weighted by Crippen LogP contribution is -2.56. The molecular weight excluding hydrogens is 324 g/mol. The van der Waals surface area contributed by atoms with Crippen molar-refractivity contribution in [2.45, 2.75) is 56.1 Å². The number of hydrogen-bond acceptors (Lipinski definition) is 4. The standard InChI is InChI=1S/C22H32N2O2/c1-2-4-21-18(3-1)15-24(20-7-14-26-16-20)17-22(21)8-10-23(11-9-22)19-5-12-25-13-6-19/h1-4,19-20H,5-17H2/t20-/m0/s1. The zero-order valence-electron chi connectivity index (χ0n) is 15.9. The summed E-state index contributed by atoms with van der Waals surface area (Å²) in [5, 5.41) is 0. The molecule has 5 rings (SSSR count). The van der Waals surface area contributed by atoms with Crippen LogP contribution in [0.2, 0.25) is 0 Å². The van der Waals surface area contributed by atoms with Crippen molar-refractivity contribution in [2.24, 2.45) is 0 Å². The van der Waals surface area contributed by atoms with Crippen LogP contribution in [-0.2, 0) is 21.4 Å². The maximum atomic E-state index is 5.71. The summed E-state index contributed by atoms with van der Waals surface area (Å²) in [6, 6.07) is 10.6. The van der Waals surface area contributed by atoms with E-state index in [2.05, 4.69) is 34.1 Å². The zero-order valence-corrected chi connectivity index (χ0v) is 15.9. The Balaban J connectivity index is 1.36. The fraction of sp³-hybridized carbons (Fsp3) is 0.727. The minimum atomic E-state index is 0.346. The minimum absolute atomic E-state index is 0.346. The summed E-state index contributed by atoms with van der Waals surface area (Å²) in [5.74, 6) is 0. The Morgan fingerprint density at radius 2 is 1.58 bits per heavy atom. The van der Waals surface area contributed by atoms with Gasteiger partial charge < -0.3 is 14.4 Å². The number of nitrogens with zero attached hydrogens (tertiary/aromatic N) is 2. The van der Waals surface area contributed by atoms with Crippen molar-refractivity contribution >= 4 is 0 Å². The van der Waals surface area contributed by atoms with Gasteiger partial charge in [-0.15, -0.1) is 0 Å². The van der Waals surface area contributed by atoms with E-state index in [1.165, 1.54) is 51.7 Å². The lowest BCUT2D eigenvalue weighted by molar-refractivity contribution is 0.00608. The largest absolute Gasteiger partial charge is 0.381 e. The van der Waals surface area contributed by atoms with Crippen molar-refractivity contribution in [3.05, 3.63) is 35.4 Å². The van der Waals surface area contributed by atoms with Gasteiger partial charge >= 0.3 is 0 Å². The molecule has 4 aliphatic heterocycles. The molecule has 0 aromatic heterocycles. The molecule has 0 amide bonds. The molecule has 142 valence electrons. The monoisotopic (exact) mass is 356 g/mol. The molecule has 26 heavy (non-hydrogen) atoms. The van der Waals surface area contributed by atoms with Crippen molar-refractivity contribution in [3.63, 3.8) is 0 Å².